The maximum atomic E-state index is 11.8. The molecule has 8 nitrogen and oxygen atoms in total. The Morgan fingerprint density at radius 2 is 1.95 bits per heavy atom. The number of hydrogen-bond donors (Lipinski definition) is 5. The number of rotatable bonds is 6. The Kier molecular flexibility index (Phi) is 7.89. The molecule has 0 unspecified atom stereocenters. The predicted octanol–water partition coefficient (Wildman–Crippen LogP) is 0.0643. The maximum absolute atomic E-state index is 11.8. The van der Waals surface area contributed by atoms with Crippen molar-refractivity contribution in [3.05, 3.63) is 24.0 Å². The second-order valence-corrected chi connectivity index (χ2v) is 5.44. The first-order valence-corrected chi connectivity index (χ1v) is 6.80. The van der Waals surface area contributed by atoms with Crippen molar-refractivity contribution < 1.29 is 19.5 Å². The van der Waals surface area contributed by atoms with Crippen LogP contribution in [0.25, 0.3) is 0 Å². The number of nitrogens with one attached hydrogen (secondary N) is 2. The molecule has 0 saturated heterocycles. The lowest BCUT2D eigenvalue weighted by Crippen LogP contribution is -2.53. The lowest BCUT2D eigenvalue weighted by atomic mass is 9.90. The molecular weight excluding hydrogens is 288 g/mol. The van der Waals surface area contributed by atoms with Crippen molar-refractivity contribution in [2.45, 2.75) is 32.7 Å². The van der Waals surface area contributed by atoms with Gasteiger partial charge in [-0.3, -0.25) is 9.59 Å². The first-order chi connectivity index (χ1) is 10.1. The lowest BCUT2D eigenvalue weighted by molar-refractivity contribution is -0.144. The third kappa shape index (κ3) is 6.89. The van der Waals surface area contributed by atoms with E-state index in [1.807, 2.05) is 13.8 Å². The molecule has 0 aliphatic carbocycles. The molecule has 1 atom stereocenters. The Bertz CT molecular complexity index is 499. The van der Waals surface area contributed by atoms with Crippen molar-refractivity contribution in [1.29, 1.82) is 0 Å². The van der Waals surface area contributed by atoms with Gasteiger partial charge in [-0.2, -0.15) is 0 Å². The fraction of sp³-hybridized carbons (Fsp3) is 0.500. The molecule has 0 aromatic carbocycles. The number of H-pyrrole nitrogens is 1. The molecule has 0 radical (unpaired) electrons. The van der Waals surface area contributed by atoms with Gasteiger partial charge in [0.2, 0.25) is 5.91 Å². The number of aromatic nitrogens is 1. The zero-order valence-electron chi connectivity index (χ0n) is 13.1. The van der Waals surface area contributed by atoms with Gasteiger partial charge in [0, 0.05) is 6.20 Å². The molecule has 0 aliphatic rings. The van der Waals surface area contributed by atoms with Gasteiger partial charge in [0.1, 0.15) is 11.2 Å². The van der Waals surface area contributed by atoms with Crippen LogP contribution in [0.2, 0.25) is 0 Å². The van der Waals surface area contributed by atoms with Crippen LogP contribution in [-0.4, -0.2) is 40.0 Å². The van der Waals surface area contributed by atoms with Crippen LogP contribution in [0.5, 0.6) is 0 Å². The molecule has 0 fully saturated rings. The smallest absolute Gasteiger partial charge is 0.329 e. The number of carboxylic acids is 1. The van der Waals surface area contributed by atoms with E-state index < -0.39 is 23.3 Å². The van der Waals surface area contributed by atoms with E-state index in [2.05, 4.69) is 16.0 Å². The molecule has 1 aromatic rings. The van der Waals surface area contributed by atoms with Crippen molar-refractivity contribution in [2.24, 2.45) is 17.4 Å². The van der Waals surface area contributed by atoms with E-state index in [9.17, 15) is 19.5 Å². The number of carboxylic acid groups (broad SMARTS) is 1. The third-order valence-corrected chi connectivity index (χ3v) is 2.72. The summed E-state index contributed by atoms with van der Waals surface area (Å²) < 4.78 is 0. The van der Waals surface area contributed by atoms with Gasteiger partial charge >= 0.3 is 5.97 Å². The van der Waals surface area contributed by atoms with E-state index in [1.165, 1.54) is 6.92 Å². The molecule has 0 spiro atoms. The standard InChI is InChI=1S/C12H18N2O3.C2H6N2O/c1-8(2)7-12(3,11(16)17)14-10(15)9-5-4-6-13-9;3-1-2(4)5/h4-6,8,13H,7H2,1-3H3,(H,14,15)(H,16,17);1,3H2,(H2,4,5)/t12-;/m0./s1. The summed E-state index contributed by atoms with van der Waals surface area (Å²) in [7, 11) is 0. The Morgan fingerprint density at radius 1 is 1.41 bits per heavy atom. The minimum atomic E-state index is -1.24. The van der Waals surface area contributed by atoms with Crippen LogP contribution in [0.1, 0.15) is 37.7 Å². The van der Waals surface area contributed by atoms with Crippen LogP contribution >= 0.6 is 0 Å². The monoisotopic (exact) mass is 312 g/mol. The van der Waals surface area contributed by atoms with Gasteiger partial charge in [-0.1, -0.05) is 13.8 Å². The van der Waals surface area contributed by atoms with Crippen molar-refractivity contribution in [1.82, 2.24) is 10.3 Å². The Balaban J connectivity index is 0.000000763. The summed E-state index contributed by atoms with van der Waals surface area (Å²) in [6.45, 7) is 5.31. The van der Waals surface area contributed by atoms with Crippen molar-refractivity contribution in [3.8, 4) is 0 Å². The SMILES string of the molecule is CC(C)C[C@](C)(NC(=O)c1ccc[nH]1)C(=O)O.NCC(N)=O. The number of carbonyl (C=O) groups is 3. The average Bonchev–Trinajstić information content (AvgIpc) is 2.92. The Labute approximate surface area is 129 Å². The van der Waals surface area contributed by atoms with Gasteiger partial charge in [-0.25, -0.2) is 4.79 Å². The fourth-order valence-corrected chi connectivity index (χ4v) is 1.80. The Morgan fingerprint density at radius 3 is 2.27 bits per heavy atom. The minimum absolute atomic E-state index is 0.0556. The first-order valence-electron chi connectivity index (χ1n) is 6.80. The molecule has 0 bridgehead atoms. The number of nitrogens with two attached hydrogens (primary N) is 2. The highest BCUT2D eigenvalue weighted by Gasteiger charge is 2.35. The number of aromatic amines is 1. The van der Waals surface area contributed by atoms with Gasteiger partial charge in [0.15, 0.2) is 0 Å². The van der Waals surface area contributed by atoms with Gasteiger partial charge in [-0.05, 0) is 31.4 Å². The summed E-state index contributed by atoms with van der Waals surface area (Å²) in [5.41, 5.74) is 8.35. The van der Waals surface area contributed by atoms with Crippen LogP contribution in [0.15, 0.2) is 18.3 Å². The van der Waals surface area contributed by atoms with E-state index in [-0.39, 0.29) is 12.5 Å². The highest BCUT2D eigenvalue weighted by molar-refractivity contribution is 5.96. The molecule has 2 amide bonds. The van der Waals surface area contributed by atoms with E-state index in [0.717, 1.165) is 0 Å². The van der Waals surface area contributed by atoms with E-state index in [1.54, 1.807) is 18.3 Å². The molecule has 0 aliphatic heterocycles. The number of carbonyl (C=O) groups excluding carboxylic acids is 2. The van der Waals surface area contributed by atoms with Gasteiger partial charge in [0.05, 0.1) is 6.54 Å². The fourth-order valence-electron chi connectivity index (χ4n) is 1.80. The summed E-state index contributed by atoms with van der Waals surface area (Å²) in [5, 5.41) is 11.8. The maximum Gasteiger partial charge on any atom is 0.329 e. The number of primary amides is 1. The van der Waals surface area contributed by atoms with Crippen LogP contribution in [0.3, 0.4) is 0 Å². The van der Waals surface area contributed by atoms with Crippen LogP contribution < -0.4 is 16.8 Å². The summed E-state index contributed by atoms with van der Waals surface area (Å²) >= 11 is 0. The predicted molar refractivity (Wildman–Crippen MR) is 82.0 cm³/mol. The largest absolute Gasteiger partial charge is 0.480 e. The molecule has 1 heterocycles. The third-order valence-electron chi connectivity index (χ3n) is 2.72. The molecule has 7 N–H and O–H groups in total. The normalized spacial score (nSPS) is 12.8. The van der Waals surface area contributed by atoms with E-state index >= 15 is 0 Å². The van der Waals surface area contributed by atoms with Gasteiger partial charge < -0.3 is 26.9 Å². The summed E-state index contributed by atoms with van der Waals surface area (Å²) in [6, 6.07) is 3.29. The molecule has 124 valence electrons. The van der Waals surface area contributed by atoms with E-state index in [0.29, 0.717) is 12.1 Å². The molecule has 1 rings (SSSR count). The van der Waals surface area contributed by atoms with E-state index in [4.69, 9.17) is 5.73 Å². The zero-order chi connectivity index (χ0) is 17.3. The number of amides is 2. The highest BCUT2D eigenvalue weighted by Crippen LogP contribution is 2.17. The summed E-state index contributed by atoms with van der Waals surface area (Å²) in [6.07, 6.45) is 2.00. The molecular formula is C14H24N4O4. The van der Waals surface area contributed by atoms with Crippen LogP contribution in [0, 0.1) is 5.92 Å². The van der Waals surface area contributed by atoms with Crippen LogP contribution in [0.4, 0.5) is 0 Å². The quantitative estimate of drug-likeness (QED) is 0.503. The summed E-state index contributed by atoms with van der Waals surface area (Å²) in [4.78, 5) is 35.3. The number of aliphatic carboxylic acids is 1. The average molecular weight is 312 g/mol. The first kappa shape index (κ1) is 19.7. The van der Waals surface area contributed by atoms with Crippen molar-refractivity contribution in [3.63, 3.8) is 0 Å². The van der Waals surface area contributed by atoms with Gasteiger partial charge in [0.25, 0.3) is 5.91 Å². The lowest BCUT2D eigenvalue weighted by Gasteiger charge is -2.27. The number of hydrogen-bond acceptors (Lipinski definition) is 4. The van der Waals surface area contributed by atoms with Gasteiger partial charge in [-0.15, -0.1) is 0 Å². The molecule has 8 heteroatoms. The minimum Gasteiger partial charge on any atom is -0.480 e. The van der Waals surface area contributed by atoms with Crippen LogP contribution in [-0.2, 0) is 9.59 Å². The topological polar surface area (TPSA) is 151 Å². The molecule has 0 saturated carbocycles. The zero-order valence-corrected chi connectivity index (χ0v) is 13.1. The second kappa shape index (κ2) is 8.83. The summed E-state index contributed by atoms with van der Waals surface area (Å²) in [5.74, 6) is -1.71. The molecule has 22 heavy (non-hydrogen) atoms. The second-order valence-electron chi connectivity index (χ2n) is 5.44. The Hall–Kier alpha value is -2.35. The van der Waals surface area contributed by atoms with Crippen molar-refractivity contribution in [2.75, 3.05) is 6.54 Å². The van der Waals surface area contributed by atoms with Crippen molar-refractivity contribution >= 4 is 17.8 Å². The molecule has 1 aromatic heterocycles. The highest BCUT2D eigenvalue weighted by atomic mass is 16.4.